The van der Waals surface area contributed by atoms with Crippen LogP contribution in [0.3, 0.4) is 0 Å². The Balaban J connectivity index is -0.000000351. The summed E-state index contributed by atoms with van der Waals surface area (Å²) < 4.78 is 39.0. The van der Waals surface area contributed by atoms with Crippen molar-refractivity contribution in [2.45, 2.75) is 6.92 Å². The molecule has 0 atom stereocenters. The van der Waals surface area contributed by atoms with Gasteiger partial charge in [0.2, 0.25) is 0 Å². The van der Waals surface area contributed by atoms with Crippen molar-refractivity contribution in [2.75, 3.05) is 5.43 Å². The van der Waals surface area contributed by atoms with Crippen LogP contribution in [0.25, 0.3) is 0 Å². The number of nitrogens with zero attached hydrogens (tertiary/aromatic N) is 4. The number of hydrazine groups is 1. The zero-order valence-electron chi connectivity index (χ0n) is 18.0. The van der Waals surface area contributed by atoms with Crippen LogP contribution in [0.1, 0.15) is 5.56 Å². The number of pyridine rings is 4. The van der Waals surface area contributed by atoms with Crippen molar-refractivity contribution in [1.29, 1.82) is 0 Å². The molecule has 4 heterocycles. The first-order chi connectivity index (χ1) is 15.3. The minimum atomic E-state index is -6.00. The molecule has 4 rings (SSSR count). The first-order valence-corrected chi connectivity index (χ1v) is 9.13. The van der Waals surface area contributed by atoms with Gasteiger partial charge < -0.3 is 22.7 Å². The first-order valence-electron chi connectivity index (χ1n) is 9.13. The van der Waals surface area contributed by atoms with Gasteiger partial charge in [-0.05, 0) is 61.0 Å². The third-order valence-corrected chi connectivity index (χ3v) is 2.83. The fourth-order valence-electron chi connectivity index (χ4n) is 1.50. The Morgan fingerprint density at radius 1 is 0.588 bits per heavy atom. The summed E-state index contributed by atoms with van der Waals surface area (Å²) in [5, 5.41) is 0. The maximum absolute atomic E-state index is 9.75. The molecule has 0 aliphatic carbocycles. The minimum Gasteiger partial charge on any atom is -0.418 e. The molecule has 0 aliphatic rings. The van der Waals surface area contributed by atoms with Crippen LogP contribution in [-0.2, 0) is 42.1 Å². The van der Waals surface area contributed by atoms with Crippen LogP contribution in [0, 0.1) is 6.92 Å². The number of aromatic nitrogens is 4. The molecule has 0 aliphatic heterocycles. The quantitative estimate of drug-likeness (QED) is 0.119. The molecule has 4 aromatic heterocycles. The molecule has 0 spiro atoms. The maximum atomic E-state index is 9.75. The van der Waals surface area contributed by atoms with E-state index >= 15 is 0 Å². The Kier molecular flexibility index (Phi) is 26.7. The Morgan fingerprint density at radius 3 is 1.03 bits per heavy atom. The summed E-state index contributed by atoms with van der Waals surface area (Å²) in [5.74, 6) is 5.07. The second kappa shape index (κ2) is 25.2. The van der Waals surface area contributed by atoms with Crippen molar-refractivity contribution in [2.24, 2.45) is 5.84 Å². The molecule has 186 valence electrons. The van der Waals surface area contributed by atoms with E-state index in [2.05, 4.69) is 25.4 Å². The number of anilines is 1. The largest absolute Gasteiger partial charge is 2.00 e. The minimum absolute atomic E-state index is 0. The third-order valence-electron chi connectivity index (χ3n) is 2.83. The van der Waals surface area contributed by atoms with Crippen LogP contribution in [-0.4, -0.2) is 27.2 Å². The zero-order valence-corrected chi connectivity index (χ0v) is 22.5. The van der Waals surface area contributed by atoms with Gasteiger partial charge >= 0.3 is 49.4 Å². The molecule has 0 radical (unpaired) electrons. The average Bonchev–Trinajstić information content (AvgIpc) is 2.83. The first kappa shape index (κ1) is 36.1. The van der Waals surface area contributed by atoms with E-state index in [9.17, 15) is 17.3 Å². The fourth-order valence-corrected chi connectivity index (χ4v) is 1.50. The molecule has 6 nitrogen and oxygen atoms in total. The summed E-state index contributed by atoms with van der Waals surface area (Å²) in [6, 6.07) is 19.0. The van der Waals surface area contributed by atoms with Gasteiger partial charge in [-0.3, -0.25) is 25.8 Å². The van der Waals surface area contributed by atoms with E-state index in [1.807, 2.05) is 55.5 Å². The Labute approximate surface area is 225 Å². The van der Waals surface area contributed by atoms with E-state index in [1.54, 1.807) is 61.7 Å². The Morgan fingerprint density at radius 2 is 0.882 bits per heavy atom. The van der Waals surface area contributed by atoms with Crippen LogP contribution in [0.15, 0.2) is 110 Å². The van der Waals surface area contributed by atoms with Crippen LogP contribution in [0.4, 0.5) is 23.0 Å². The van der Waals surface area contributed by atoms with E-state index in [4.69, 9.17) is 5.84 Å². The molecule has 0 bridgehead atoms. The smallest absolute Gasteiger partial charge is 0.418 e. The third kappa shape index (κ3) is 31.7. The molecule has 0 saturated heterocycles. The Hall–Kier alpha value is -2.48. The van der Waals surface area contributed by atoms with Crippen molar-refractivity contribution in [3.05, 3.63) is 116 Å². The van der Waals surface area contributed by atoms with Crippen LogP contribution < -0.4 is 11.3 Å². The van der Waals surface area contributed by atoms with E-state index in [0.717, 1.165) is 5.69 Å². The van der Waals surface area contributed by atoms with Crippen molar-refractivity contribution in [3.8, 4) is 0 Å². The van der Waals surface area contributed by atoms with Gasteiger partial charge in [0.1, 0.15) is 0 Å². The summed E-state index contributed by atoms with van der Waals surface area (Å²) in [6.07, 6.45) is 13.9. The van der Waals surface area contributed by atoms with Gasteiger partial charge in [-0.25, -0.2) is 0 Å². The van der Waals surface area contributed by atoms with Crippen molar-refractivity contribution < 1.29 is 59.4 Å². The van der Waals surface area contributed by atoms with Crippen molar-refractivity contribution in [1.82, 2.24) is 19.9 Å². The second-order valence-electron chi connectivity index (χ2n) is 5.45. The average molecular weight is 837 g/mol. The Bertz CT molecular complexity index is 794. The van der Waals surface area contributed by atoms with Crippen LogP contribution >= 0.6 is 0 Å². The molecule has 0 saturated carbocycles. The van der Waals surface area contributed by atoms with Gasteiger partial charge in [0, 0.05) is 49.6 Å². The van der Waals surface area contributed by atoms with E-state index in [1.165, 1.54) is 5.56 Å². The number of nitrogens with two attached hydrogens (primary N) is 1. The van der Waals surface area contributed by atoms with Crippen molar-refractivity contribution >= 4 is 12.9 Å². The number of hydrogen-bond donors (Lipinski definition) is 2. The number of halogens is 4. The monoisotopic (exact) mass is 837 g/mol. The SMILES string of the molecule is Cc1ccncc1.F[B-](F)(F)F.NNc1ccncc1.[Pt+2].[Pt+2].c1ccncc1.c1ccncc1. The molecule has 0 aromatic carbocycles. The summed E-state index contributed by atoms with van der Waals surface area (Å²) in [5.41, 5.74) is 4.62. The number of rotatable bonds is 1. The topological polar surface area (TPSA) is 89.6 Å². The fraction of sp³-hybridized carbons (Fsp3) is 0.0476. The number of nitrogen functional groups attached to an aromatic ring is 1. The second-order valence-corrected chi connectivity index (χ2v) is 5.45. The molecule has 0 amide bonds. The predicted octanol–water partition coefficient (Wildman–Crippen LogP) is 5.22. The normalized spacial score (nSPS) is 8.41. The molecule has 0 fully saturated rings. The van der Waals surface area contributed by atoms with E-state index in [-0.39, 0.29) is 42.1 Å². The van der Waals surface area contributed by atoms with Gasteiger partial charge in [-0.2, -0.15) is 0 Å². The number of nitrogens with one attached hydrogen (secondary N) is 1. The summed E-state index contributed by atoms with van der Waals surface area (Å²) in [6.45, 7) is 2.04. The van der Waals surface area contributed by atoms with Gasteiger partial charge in [0.15, 0.2) is 0 Å². The van der Waals surface area contributed by atoms with Gasteiger partial charge in [-0.15, -0.1) is 0 Å². The molecule has 34 heavy (non-hydrogen) atoms. The number of aryl methyl sites for hydroxylation is 1. The molecule has 0 unspecified atom stereocenters. The van der Waals surface area contributed by atoms with Gasteiger partial charge in [0.25, 0.3) is 0 Å². The molecule has 3 N–H and O–H groups in total. The summed E-state index contributed by atoms with van der Waals surface area (Å²) in [7, 11) is -6.00. The van der Waals surface area contributed by atoms with E-state index < -0.39 is 7.25 Å². The van der Waals surface area contributed by atoms with Gasteiger partial charge in [0.05, 0.1) is 5.69 Å². The van der Waals surface area contributed by atoms with Crippen LogP contribution in [0.5, 0.6) is 0 Å². The van der Waals surface area contributed by atoms with Crippen LogP contribution in [0.2, 0.25) is 0 Å². The molecular weight excluding hydrogens is 813 g/mol. The zero-order chi connectivity index (χ0) is 23.9. The summed E-state index contributed by atoms with van der Waals surface area (Å²) >= 11 is 0. The van der Waals surface area contributed by atoms with Crippen molar-refractivity contribution in [3.63, 3.8) is 0 Å². The summed E-state index contributed by atoms with van der Waals surface area (Å²) in [4.78, 5) is 15.2. The number of hydrogen-bond acceptors (Lipinski definition) is 6. The maximum Gasteiger partial charge on any atom is 2.00 e. The standard InChI is InChI=1S/C6H7N.C5H7N3.2C5H5N.BF4.2Pt/c1-6-2-4-7-5-3-6;6-8-5-1-3-7-4-2-5;2*1-2-4-6-5-3-1;2-1(3,4)5;;/h2-5H,1H3;1-4H,6H2,(H,7,8);2*1-5H;;;/q;;;;-1;2*+2. The predicted molar refractivity (Wildman–Crippen MR) is 120 cm³/mol. The van der Waals surface area contributed by atoms with E-state index in [0.29, 0.717) is 0 Å². The van der Waals surface area contributed by atoms with Gasteiger partial charge in [-0.1, -0.05) is 12.1 Å². The molecular formula is C21H24BF4N6Pt2+3. The molecule has 4 aromatic rings. The molecule has 13 heteroatoms.